The van der Waals surface area contributed by atoms with Crippen molar-refractivity contribution in [3.05, 3.63) is 66.6 Å². The summed E-state index contributed by atoms with van der Waals surface area (Å²) in [5.74, 6) is 2.44. The Balaban J connectivity index is 1.27. The predicted octanol–water partition coefficient (Wildman–Crippen LogP) is 3.39. The maximum absolute atomic E-state index is 13.0. The molecule has 3 heterocycles. The zero-order valence-corrected chi connectivity index (χ0v) is 19.6. The monoisotopic (exact) mass is 475 g/mol. The van der Waals surface area contributed by atoms with Crippen molar-refractivity contribution in [3.8, 4) is 34.3 Å². The summed E-state index contributed by atoms with van der Waals surface area (Å²) in [5, 5.41) is 11.7. The first kappa shape index (κ1) is 22.3. The fourth-order valence-electron chi connectivity index (χ4n) is 3.91. The Morgan fingerprint density at radius 2 is 1.97 bits per heavy atom. The van der Waals surface area contributed by atoms with Gasteiger partial charge in [-0.15, -0.1) is 0 Å². The van der Waals surface area contributed by atoms with Gasteiger partial charge in [-0.3, -0.25) is 14.2 Å². The number of fused-ring (bicyclic) bond motifs is 1. The third-order valence-corrected chi connectivity index (χ3v) is 5.64. The number of carbonyl (C=O) groups is 1. The highest BCUT2D eigenvalue weighted by Crippen LogP contribution is 2.33. The molecular formula is C25H25N5O5. The summed E-state index contributed by atoms with van der Waals surface area (Å²) in [6.07, 6.45) is 3.16. The number of aromatic nitrogens is 4. The van der Waals surface area contributed by atoms with Crippen LogP contribution < -0.4 is 24.3 Å². The van der Waals surface area contributed by atoms with Gasteiger partial charge in [0.1, 0.15) is 23.8 Å². The van der Waals surface area contributed by atoms with E-state index in [1.807, 2.05) is 30.3 Å². The molecule has 0 saturated carbocycles. The minimum Gasteiger partial charge on any atom is -0.497 e. The molecule has 1 unspecified atom stereocenters. The van der Waals surface area contributed by atoms with E-state index in [-0.39, 0.29) is 12.0 Å². The van der Waals surface area contributed by atoms with E-state index in [0.717, 1.165) is 11.3 Å². The van der Waals surface area contributed by atoms with Crippen LogP contribution in [0.15, 0.2) is 60.9 Å². The number of nitrogens with one attached hydrogen (secondary N) is 1. The lowest BCUT2D eigenvalue weighted by molar-refractivity contribution is 0.0759. The number of carbonyl (C=O) groups excluding carboxylic acids is 1. The lowest BCUT2D eigenvalue weighted by Gasteiger charge is -2.26. The van der Waals surface area contributed by atoms with E-state index in [1.54, 1.807) is 56.5 Å². The van der Waals surface area contributed by atoms with Gasteiger partial charge in [-0.25, -0.2) is 0 Å². The fourth-order valence-corrected chi connectivity index (χ4v) is 3.91. The molecule has 1 atom stereocenters. The standard InChI is InChI=1S/C25H25N5O5/c1-29-21(11-20(28-29)19-10-17(32-2)8-9-22(19)33-3)25(31)27-16-12-26-30(13-16)14-18-15-34-23-6-4-5-7-24(23)35-18/h4-13,18H,14-15H2,1-3H3,(H,27,31). The van der Waals surface area contributed by atoms with Gasteiger partial charge in [0.2, 0.25) is 0 Å². The average molecular weight is 476 g/mol. The molecule has 4 aromatic rings. The van der Waals surface area contributed by atoms with Crippen molar-refractivity contribution in [2.24, 2.45) is 7.05 Å². The average Bonchev–Trinajstić information content (AvgIpc) is 3.49. The Morgan fingerprint density at radius 1 is 1.14 bits per heavy atom. The molecule has 10 nitrogen and oxygen atoms in total. The lowest BCUT2D eigenvalue weighted by Crippen LogP contribution is -2.33. The number of rotatable bonds is 7. The zero-order valence-electron chi connectivity index (χ0n) is 19.6. The van der Waals surface area contributed by atoms with Crippen LogP contribution >= 0.6 is 0 Å². The Labute approximate surface area is 202 Å². The first-order valence-corrected chi connectivity index (χ1v) is 11.0. The van der Waals surface area contributed by atoms with Crippen molar-refractivity contribution in [1.29, 1.82) is 0 Å². The van der Waals surface area contributed by atoms with E-state index < -0.39 is 0 Å². The highest BCUT2D eigenvalue weighted by molar-refractivity contribution is 6.03. The minimum absolute atomic E-state index is 0.189. The maximum Gasteiger partial charge on any atom is 0.274 e. The van der Waals surface area contributed by atoms with E-state index in [0.29, 0.717) is 47.5 Å². The molecule has 1 aliphatic rings. The number of anilines is 1. The molecule has 180 valence electrons. The van der Waals surface area contributed by atoms with E-state index in [2.05, 4.69) is 15.5 Å². The van der Waals surface area contributed by atoms with Crippen LogP contribution in [0.25, 0.3) is 11.3 Å². The molecule has 0 aliphatic carbocycles. The molecule has 35 heavy (non-hydrogen) atoms. The van der Waals surface area contributed by atoms with Gasteiger partial charge < -0.3 is 24.3 Å². The molecule has 0 fully saturated rings. The van der Waals surface area contributed by atoms with Crippen LogP contribution in [0.2, 0.25) is 0 Å². The Hall–Kier alpha value is -4.47. The summed E-state index contributed by atoms with van der Waals surface area (Å²) < 4.78 is 25.8. The summed E-state index contributed by atoms with van der Waals surface area (Å²) >= 11 is 0. The second kappa shape index (κ2) is 9.41. The highest BCUT2D eigenvalue weighted by atomic mass is 16.6. The number of nitrogens with zero attached hydrogens (tertiary/aromatic N) is 4. The largest absolute Gasteiger partial charge is 0.497 e. The summed E-state index contributed by atoms with van der Waals surface area (Å²) in [6.45, 7) is 0.903. The number of benzene rings is 2. The second-order valence-corrected chi connectivity index (χ2v) is 8.01. The van der Waals surface area contributed by atoms with Crippen molar-refractivity contribution < 1.29 is 23.7 Å². The maximum atomic E-state index is 13.0. The van der Waals surface area contributed by atoms with Crippen LogP contribution in [0.1, 0.15) is 10.5 Å². The van der Waals surface area contributed by atoms with Crippen molar-refractivity contribution in [2.45, 2.75) is 12.6 Å². The molecule has 10 heteroatoms. The molecule has 0 saturated heterocycles. The number of hydrogen-bond acceptors (Lipinski definition) is 7. The van der Waals surface area contributed by atoms with Crippen LogP contribution in [-0.4, -0.2) is 52.4 Å². The molecule has 0 bridgehead atoms. The van der Waals surface area contributed by atoms with Crippen molar-refractivity contribution in [3.63, 3.8) is 0 Å². The highest BCUT2D eigenvalue weighted by Gasteiger charge is 2.22. The molecule has 1 N–H and O–H groups in total. The molecule has 5 rings (SSSR count). The third-order valence-electron chi connectivity index (χ3n) is 5.64. The van der Waals surface area contributed by atoms with Crippen LogP contribution in [-0.2, 0) is 13.6 Å². The molecule has 1 amide bonds. The Morgan fingerprint density at radius 3 is 2.77 bits per heavy atom. The van der Waals surface area contributed by atoms with Gasteiger partial charge in [0, 0.05) is 18.8 Å². The normalized spacial score (nSPS) is 14.4. The van der Waals surface area contributed by atoms with Gasteiger partial charge in [0.25, 0.3) is 5.91 Å². The quantitative estimate of drug-likeness (QED) is 0.437. The number of hydrogen-bond donors (Lipinski definition) is 1. The van der Waals surface area contributed by atoms with E-state index >= 15 is 0 Å². The number of amides is 1. The molecule has 2 aromatic carbocycles. The molecule has 2 aromatic heterocycles. The number of ether oxygens (including phenoxy) is 4. The van der Waals surface area contributed by atoms with E-state index in [9.17, 15) is 4.79 Å². The van der Waals surface area contributed by atoms with Crippen LogP contribution in [0.4, 0.5) is 5.69 Å². The predicted molar refractivity (Wildman–Crippen MR) is 128 cm³/mol. The number of aryl methyl sites for hydroxylation is 1. The van der Waals surface area contributed by atoms with Crippen LogP contribution in [0, 0.1) is 0 Å². The smallest absolute Gasteiger partial charge is 0.274 e. The number of methoxy groups -OCH3 is 2. The lowest BCUT2D eigenvalue weighted by atomic mass is 10.1. The van der Waals surface area contributed by atoms with E-state index in [1.165, 1.54) is 4.68 Å². The zero-order chi connectivity index (χ0) is 24.4. The topological polar surface area (TPSA) is 102 Å². The minimum atomic E-state index is -0.307. The first-order valence-electron chi connectivity index (χ1n) is 11.0. The van der Waals surface area contributed by atoms with Gasteiger partial charge in [0.15, 0.2) is 17.6 Å². The van der Waals surface area contributed by atoms with Gasteiger partial charge >= 0.3 is 0 Å². The molecule has 0 radical (unpaired) electrons. The van der Waals surface area contributed by atoms with E-state index in [4.69, 9.17) is 18.9 Å². The first-order chi connectivity index (χ1) is 17.0. The summed E-state index contributed by atoms with van der Waals surface area (Å²) in [6, 6.07) is 14.7. The SMILES string of the molecule is COc1ccc(OC)c(-c2cc(C(=O)Nc3cnn(CC4COc5ccccc5O4)c3)n(C)n2)c1. The van der Waals surface area contributed by atoms with Gasteiger partial charge in [-0.2, -0.15) is 10.2 Å². The van der Waals surface area contributed by atoms with Crippen molar-refractivity contribution in [1.82, 2.24) is 19.6 Å². The number of para-hydroxylation sites is 2. The van der Waals surface area contributed by atoms with Crippen molar-refractivity contribution in [2.75, 3.05) is 26.1 Å². The molecule has 1 aliphatic heterocycles. The Bertz CT molecular complexity index is 1360. The van der Waals surface area contributed by atoms with Gasteiger partial charge in [-0.1, -0.05) is 12.1 Å². The van der Waals surface area contributed by atoms with Crippen LogP contribution in [0.5, 0.6) is 23.0 Å². The summed E-state index contributed by atoms with van der Waals surface area (Å²) in [7, 11) is 4.89. The second-order valence-electron chi connectivity index (χ2n) is 8.01. The van der Waals surface area contributed by atoms with Gasteiger partial charge in [-0.05, 0) is 36.4 Å². The van der Waals surface area contributed by atoms with Crippen LogP contribution in [0.3, 0.4) is 0 Å². The third kappa shape index (κ3) is 4.63. The molecule has 0 spiro atoms. The summed E-state index contributed by atoms with van der Waals surface area (Å²) in [4.78, 5) is 13.0. The fraction of sp³-hybridized carbons (Fsp3) is 0.240. The summed E-state index contributed by atoms with van der Waals surface area (Å²) in [5.41, 5.74) is 2.27. The molecular weight excluding hydrogens is 450 g/mol. The van der Waals surface area contributed by atoms with Gasteiger partial charge in [0.05, 0.1) is 38.3 Å². The Kier molecular flexibility index (Phi) is 6.01. The van der Waals surface area contributed by atoms with Crippen molar-refractivity contribution >= 4 is 11.6 Å².